The van der Waals surface area contributed by atoms with Crippen LogP contribution in [0, 0.1) is 17.3 Å². The van der Waals surface area contributed by atoms with Crippen LogP contribution in [0.25, 0.3) is 0 Å². The van der Waals surface area contributed by atoms with Crippen molar-refractivity contribution in [2.75, 3.05) is 6.54 Å². The summed E-state index contributed by atoms with van der Waals surface area (Å²) in [6.45, 7) is 6.04. The third-order valence-corrected chi connectivity index (χ3v) is 10.2. The highest BCUT2D eigenvalue weighted by Gasteiger charge is 2.46. The van der Waals surface area contributed by atoms with Gasteiger partial charge in [0.1, 0.15) is 30.2 Å². The summed E-state index contributed by atoms with van der Waals surface area (Å²) in [6.07, 6.45) is 11.2. The number of primary amides is 2. The molecule has 0 radical (unpaired) electrons. The molecule has 1 saturated heterocycles. The lowest BCUT2D eigenvalue weighted by Crippen LogP contribution is -2.62. The maximum absolute atomic E-state index is 14.2. The molecule has 3 rings (SSSR count). The smallest absolute Gasteiger partial charge is 0.246 e. The van der Waals surface area contributed by atoms with Crippen LogP contribution in [0.15, 0.2) is 12.2 Å². The fourth-order valence-corrected chi connectivity index (χ4v) is 7.44. The summed E-state index contributed by atoms with van der Waals surface area (Å²) in [4.78, 5) is 105. The van der Waals surface area contributed by atoms with Gasteiger partial charge in [-0.3, -0.25) is 38.4 Å². The first-order chi connectivity index (χ1) is 24.0. The minimum atomic E-state index is -1.24. The highest BCUT2D eigenvalue weighted by Crippen LogP contribution is 2.30. The second-order valence-corrected chi connectivity index (χ2v) is 15.3. The highest BCUT2D eigenvalue weighted by molar-refractivity contribution is 6.02. The third-order valence-electron chi connectivity index (χ3n) is 10.2. The van der Waals surface area contributed by atoms with Gasteiger partial charge in [-0.15, -0.1) is 0 Å². The van der Waals surface area contributed by atoms with E-state index in [2.05, 4.69) is 21.3 Å². The number of carbonyl (C=O) groups excluding carboxylic acids is 8. The van der Waals surface area contributed by atoms with Crippen molar-refractivity contribution >= 4 is 47.1 Å². The molecule has 3 aliphatic rings. The Labute approximate surface area is 300 Å². The standard InChI is InChI=1S/C36H57N7O8/c1-21(44)39-25(17-11-12-18-27(37)46)32(48)42-30(36(2,3)4)35(51)43-20-24(45)19-26(43)33(49)41-29(23-15-9-6-10-16-23)34(50)40-28(31(38)47)22-13-7-5-8-14-22/h12,18,22-23,25-26,28-30H,5-11,13-17,19-20H2,1-4H3,(H2,37,46)(H2,38,47)(H,39,44)(H,40,50)(H,41,49)(H,42,48)/b18-12+/t25-,26-,28-,29-,30+/m0/s1. The summed E-state index contributed by atoms with van der Waals surface area (Å²) < 4.78 is 0. The zero-order valence-corrected chi connectivity index (χ0v) is 30.5. The minimum absolute atomic E-state index is 0.0927. The predicted molar refractivity (Wildman–Crippen MR) is 188 cm³/mol. The Balaban J connectivity index is 1.82. The molecule has 1 heterocycles. The van der Waals surface area contributed by atoms with Gasteiger partial charge < -0.3 is 37.6 Å². The summed E-state index contributed by atoms with van der Waals surface area (Å²) >= 11 is 0. The first-order valence-corrected chi connectivity index (χ1v) is 18.2. The molecule has 0 bridgehead atoms. The van der Waals surface area contributed by atoms with Gasteiger partial charge >= 0.3 is 0 Å². The number of carbonyl (C=O) groups is 8. The van der Waals surface area contributed by atoms with Gasteiger partial charge in [0.05, 0.1) is 6.54 Å². The fourth-order valence-electron chi connectivity index (χ4n) is 7.44. The number of nitrogens with two attached hydrogens (primary N) is 2. The van der Waals surface area contributed by atoms with Gasteiger partial charge in [-0.2, -0.15) is 0 Å². The molecule has 8 N–H and O–H groups in total. The molecule has 5 atom stereocenters. The van der Waals surface area contributed by atoms with Gasteiger partial charge in [0.2, 0.25) is 41.4 Å². The largest absolute Gasteiger partial charge is 0.368 e. The van der Waals surface area contributed by atoms with Crippen molar-refractivity contribution in [1.29, 1.82) is 0 Å². The Bertz CT molecular complexity index is 1350. The van der Waals surface area contributed by atoms with Crippen LogP contribution in [0.1, 0.15) is 111 Å². The van der Waals surface area contributed by atoms with E-state index < -0.39 is 77.0 Å². The molecule has 0 aromatic heterocycles. The average Bonchev–Trinajstić information content (AvgIpc) is 3.47. The lowest BCUT2D eigenvalue weighted by molar-refractivity contribution is -0.145. The first kappa shape index (κ1) is 41.1. The van der Waals surface area contributed by atoms with E-state index in [1.807, 2.05) is 0 Å². The van der Waals surface area contributed by atoms with Crippen LogP contribution in [0.3, 0.4) is 0 Å². The Hall–Kier alpha value is -4.30. The van der Waals surface area contributed by atoms with E-state index in [1.54, 1.807) is 20.8 Å². The SMILES string of the molecule is CC(=O)N[C@@H](CC/C=C/C(N)=O)C(=O)N[C@H](C(=O)N1CC(=O)C[C@H]1C(=O)N[C@H](C(=O)N[C@H](C(N)=O)C1CCCCC1)C1CCCCC1)C(C)(C)C. The Morgan fingerprint density at radius 1 is 0.804 bits per heavy atom. The number of ketones is 1. The van der Waals surface area contributed by atoms with Crippen LogP contribution >= 0.6 is 0 Å². The van der Waals surface area contributed by atoms with Gasteiger partial charge in [0.15, 0.2) is 5.78 Å². The molecule has 7 amide bonds. The maximum atomic E-state index is 14.2. The second kappa shape index (κ2) is 18.8. The van der Waals surface area contributed by atoms with Crippen LogP contribution in [0.5, 0.6) is 0 Å². The van der Waals surface area contributed by atoms with Gasteiger partial charge in [0.25, 0.3) is 0 Å². The summed E-state index contributed by atoms with van der Waals surface area (Å²) in [7, 11) is 0. The lowest BCUT2D eigenvalue weighted by Gasteiger charge is -2.37. The average molecular weight is 716 g/mol. The molecule has 51 heavy (non-hydrogen) atoms. The predicted octanol–water partition coefficient (Wildman–Crippen LogP) is 0.629. The number of hydrogen-bond donors (Lipinski definition) is 6. The molecule has 2 aliphatic carbocycles. The Kier molecular flexibility index (Phi) is 15.2. The molecule has 2 saturated carbocycles. The molecule has 0 spiro atoms. The van der Waals surface area contributed by atoms with E-state index in [9.17, 15) is 38.4 Å². The van der Waals surface area contributed by atoms with Gasteiger partial charge in [-0.1, -0.05) is 65.4 Å². The first-order valence-electron chi connectivity index (χ1n) is 18.2. The highest BCUT2D eigenvalue weighted by atomic mass is 16.2. The van der Waals surface area contributed by atoms with E-state index in [1.165, 1.54) is 13.0 Å². The number of nitrogens with one attached hydrogen (secondary N) is 4. The lowest BCUT2D eigenvalue weighted by atomic mass is 9.81. The second-order valence-electron chi connectivity index (χ2n) is 15.3. The Morgan fingerprint density at radius 2 is 1.37 bits per heavy atom. The summed E-state index contributed by atoms with van der Waals surface area (Å²) in [5.74, 6) is -4.94. The van der Waals surface area contributed by atoms with Crippen LogP contribution < -0.4 is 32.7 Å². The van der Waals surface area contributed by atoms with Crippen LogP contribution in [0.2, 0.25) is 0 Å². The number of Topliss-reactive ketones (excluding diaryl/α,β-unsaturated/α-hetero) is 1. The van der Waals surface area contributed by atoms with E-state index >= 15 is 0 Å². The number of hydrogen-bond acceptors (Lipinski definition) is 8. The van der Waals surface area contributed by atoms with Crippen molar-refractivity contribution in [1.82, 2.24) is 26.2 Å². The number of rotatable bonds is 15. The topological polar surface area (TPSA) is 240 Å². The van der Waals surface area contributed by atoms with Crippen molar-refractivity contribution in [3.63, 3.8) is 0 Å². The van der Waals surface area contributed by atoms with Crippen molar-refractivity contribution < 1.29 is 38.4 Å². The van der Waals surface area contributed by atoms with Gasteiger partial charge in [-0.25, -0.2) is 0 Å². The molecule has 0 aromatic carbocycles. The maximum Gasteiger partial charge on any atom is 0.246 e. The Morgan fingerprint density at radius 3 is 1.88 bits per heavy atom. The quantitative estimate of drug-likeness (QED) is 0.131. The molecule has 1 aliphatic heterocycles. The van der Waals surface area contributed by atoms with Crippen molar-refractivity contribution in [2.45, 2.75) is 141 Å². The van der Waals surface area contributed by atoms with Crippen LogP contribution in [-0.4, -0.2) is 88.8 Å². The molecular formula is C36H57N7O8. The molecule has 284 valence electrons. The van der Waals surface area contributed by atoms with E-state index in [0.29, 0.717) is 12.8 Å². The summed E-state index contributed by atoms with van der Waals surface area (Å²) in [5, 5.41) is 11.0. The molecule has 0 unspecified atom stereocenters. The number of likely N-dealkylation sites (tertiary alicyclic amines) is 1. The summed E-state index contributed by atoms with van der Waals surface area (Å²) in [5.41, 5.74) is 9.99. The number of allylic oxidation sites excluding steroid dienone is 1. The summed E-state index contributed by atoms with van der Waals surface area (Å²) in [6, 6.07) is -5.36. The fraction of sp³-hybridized carbons (Fsp3) is 0.722. The normalized spacial score (nSPS) is 21.3. The molecule has 3 fully saturated rings. The molecule has 0 aromatic rings. The van der Waals surface area contributed by atoms with Crippen molar-refractivity contribution in [3.05, 3.63) is 12.2 Å². The van der Waals surface area contributed by atoms with Gasteiger partial charge in [0, 0.05) is 13.3 Å². The monoisotopic (exact) mass is 715 g/mol. The number of nitrogens with zero attached hydrogens (tertiary/aromatic N) is 1. The van der Waals surface area contributed by atoms with E-state index in [0.717, 1.165) is 62.3 Å². The van der Waals surface area contributed by atoms with E-state index in [-0.39, 0.29) is 43.4 Å². The molecule has 15 nitrogen and oxygen atoms in total. The molecular weight excluding hydrogens is 658 g/mol. The van der Waals surface area contributed by atoms with Crippen LogP contribution in [0.4, 0.5) is 0 Å². The van der Waals surface area contributed by atoms with E-state index in [4.69, 9.17) is 11.5 Å². The molecule has 15 heteroatoms. The van der Waals surface area contributed by atoms with Crippen molar-refractivity contribution in [2.24, 2.45) is 28.7 Å². The minimum Gasteiger partial charge on any atom is -0.368 e. The van der Waals surface area contributed by atoms with Gasteiger partial charge in [-0.05, 0) is 61.9 Å². The third kappa shape index (κ3) is 12.2. The van der Waals surface area contributed by atoms with Crippen LogP contribution in [-0.2, 0) is 38.4 Å². The number of amides is 7. The zero-order chi connectivity index (χ0) is 37.9. The zero-order valence-electron chi connectivity index (χ0n) is 30.5. The van der Waals surface area contributed by atoms with Crippen molar-refractivity contribution in [3.8, 4) is 0 Å².